The second-order valence-electron chi connectivity index (χ2n) is 6.44. The number of nitro benzene ring substituents is 1. The summed E-state index contributed by atoms with van der Waals surface area (Å²) >= 11 is 0. The molecule has 0 aliphatic rings. The fraction of sp³-hybridized carbons (Fsp3) is 0.278. The number of aromatic nitrogens is 3. The summed E-state index contributed by atoms with van der Waals surface area (Å²) in [6.07, 6.45) is -4.61. The molecule has 1 N–H and O–H groups in total. The molecule has 0 radical (unpaired) electrons. The Morgan fingerprint density at radius 2 is 2.00 bits per heavy atom. The van der Waals surface area contributed by atoms with Crippen molar-refractivity contribution >= 4 is 28.3 Å². The van der Waals surface area contributed by atoms with Crippen molar-refractivity contribution in [1.82, 2.24) is 14.8 Å². The standard InChI is InChI=1S/C18H16F3N5O4/c1-9-6-12(18(19,20)21)16-10(2)24-25(17(16)22-9)8-15(27)23-13-5-4-11(30-3)7-14(13)26(28)29/h4-7H,8H2,1-3H3,(H,23,27). The van der Waals surface area contributed by atoms with Crippen LogP contribution in [0.15, 0.2) is 24.3 Å². The molecule has 1 amide bonds. The summed E-state index contributed by atoms with van der Waals surface area (Å²) in [6, 6.07) is 4.79. The first-order valence-electron chi connectivity index (χ1n) is 8.55. The first-order chi connectivity index (χ1) is 14.0. The van der Waals surface area contributed by atoms with Gasteiger partial charge < -0.3 is 10.1 Å². The second kappa shape index (κ2) is 7.61. The third-order valence-electron chi connectivity index (χ3n) is 4.28. The van der Waals surface area contributed by atoms with Crippen LogP contribution in [-0.2, 0) is 17.5 Å². The Labute approximate surface area is 167 Å². The van der Waals surface area contributed by atoms with Crippen molar-refractivity contribution in [2.24, 2.45) is 0 Å². The van der Waals surface area contributed by atoms with Crippen molar-refractivity contribution in [3.8, 4) is 5.75 Å². The topological polar surface area (TPSA) is 112 Å². The smallest absolute Gasteiger partial charge is 0.417 e. The van der Waals surface area contributed by atoms with E-state index in [9.17, 15) is 28.1 Å². The number of carbonyl (C=O) groups excluding carboxylic acids is 1. The number of pyridine rings is 1. The number of fused-ring (bicyclic) bond motifs is 1. The fourth-order valence-corrected chi connectivity index (χ4v) is 3.03. The van der Waals surface area contributed by atoms with Gasteiger partial charge in [0.15, 0.2) is 5.65 Å². The van der Waals surface area contributed by atoms with Crippen LogP contribution in [0.3, 0.4) is 0 Å². The molecule has 0 fully saturated rings. The van der Waals surface area contributed by atoms with E-state index in [0.29, 0.717) is 0 Å². The summed E-state index contributed by atoms with van der Waals surface area (Å²) in [5, 5.41) is 17.4. The van der Waals surface area contributed by atoms with Gasteiger partial charge in [0.2, 0.25) is 5.91 Å². The van der Waals surface area contributed by atoms with E-state index in [1.54, 1.807) is 0 Å². The van der Waals surface area contributed by atoms with Gasteiger partial charge >= 0.3 is 6.18 Å². The van der Waals surface area contributed by atoms with Gasteiger partial charge in [-0.1, -0.05) is 0 Å². The Kier molecular flexibility index (Phi) is 5.33. The van der Waals surface area contributed by atoms with E-state index in [4.69, 9.17) is 4.74 Å². The Bertz CT molecular complexity index is 1160. The van der Waals surface area contributed by atoms with Crippen LogP contribution >= 0.6 is 0 Å². The van der Waals surface area contributed by atoms with Crippen LogP contribution < -0.4 is 10.1 Å². The number of benzene rings is 1. The number of hydrogen-bond donors (Lipinski definition) is 1. The number of anilines is 1. The molecule has 3 aromatic rings. The summed E-state index contributed by atoms with van der Waals surface area (Å²) in [4.78, 5) is 27.1. The number of carbonyl (C=O) groups is 1. The fourth-order valence-electron chi connectivity index (χ4n) is 3.03. The number of nitrogens with zero attached hydrogens (tertiary/aromatic N) is 4. The molecule has 2 aromatic heterocycles. The minimum Gasteiger partial charge on any atom is -0.496 e. The van der Waals surface area contributed by atoms with Gasteiger partial charge in [-0.15, -0.1) is 0 Å². The van der Waals surface area contributed by atoms with Gasteiger partial charge in [-0.2, -0.15) is 18.3 Å². The van der Waals surface area contributed by atoms with Crippen LogP contribution in [0.1, 0.15) is 17.0 Å². The number of nitrogens with one attached hydrogen (secondary N) is 1. The molecule has 30 heavy (non-hydrogen) atoms. The number of nitro groups is 1. The van der Waals surface area contributed by atoms with Crippen molar-refractivity contribution < 1.29 is 27.6 Å². The zero-order valence-electron chi connectivity index (χ0n) is 16.1. The lowest BCUT2D eigenvalue weighted by Crippen LogP contribution is -2.20. The van der Waals surface area contributed by atoms with Gasteiger partial charge in [-0.25, -0.2) is 9.67 Å². The highest BCUT2D eigenvalue weighted by molar-refractivity contribution is 5.94. The summed E-state index contributed by atoms with van der Waals surface area (Å²) in [7, 11) is 1.34. The van der Waals surface area contributed by atoms with E-state index in [2.05, 4.69) is 15.4 Å². The summed E-state index contributed by atoms with van der Waals surface area (Å²) < 4.78 is 46.2. The largest absolute Gasteiger partial charge is 0.496 e. The third kappa shape index (κ3) is 4.02. The van der Waals surface area contributed by atoms with E-state index >= 15 is 0 Å². The maximum absolute atomic E-state index is 13.4. The van der Waals surface area contributed by atoms with Gasteiger partial charge in [0.05, 0.1) is 34.7 Å². The van der Waals surface area contributed by atoms with Crippen LogP contribution in [0.4, 0.5) is 24.5 Å². The maximum atomic E-state index is 13.4. The molecule has 0 atom stereocenters. The normalized spacial score (nSPS) is 11.5. The zero-order chi connectivity index (χ0) is 22.2. The molecule has 0 aliphatic heterocycles. The number of ether oxygens (including phenoxy) is 1. The Balaban J connectivity index is 1.95. The van der Waals surface area contributed by atoms with Gasteiger partial charge in [0.1, 0.15) is 18.0 Å². The molecule has 158 valence electrons. The minimum atomic E-state index is -4.61. The highest BCUT2D eigenvalue weighted by Gasteiger charge is 2.35. The average molecular weight is 423 g/mol. The number of hydrogen-bond acceptors (Lipinski definition) is 6. The molecule has 2 heterocycles. The van der Waals surface area contributed by atoms with Gasteiger partial charge in [0, 0.05) is 5.69 Å². The molecule has 3 rings (SSSR count). The van der Waals surface area contributed by atoms with E-state index in [-0.39, 0.29) is 33.9 Å². The zero-order valence-corrected chi connectivity index (χ0v) is 16.1. The minimum absolute atomic E-state index is 0.0630. The van der Waals surface area contributed by atoms with Crippen molar-refractivity contribution in [3.05, 3.63) is 51.3 Å². The summed E-state index contributed by atoms with van der Waals surface area (Å²) in [5.74, 6) is -0.489. The van der Waals surface area contributed by atoms with E-state index in [0.717, 1.165) is 16.8 Å². The molecule has 0 saturated heterocycles. The monoisotopic (exact) mass is 423 g/mol. The summed E-state index contributed by atoms with van der Waals surface area (Å²) in [6.45, 7) is 2.31. The number of rotatable bonds is 5. The molecule has 0 bridgehead atoms. The van der Waals surface area contributed by atoms with Crippen LogP contribution in [0.2, 0.25) is 0 Å². The first-order valence-corrected chi connectivity index (χ1v) is 8.55. The maximum Gasteiger partial charge on any atom is 0.417 e. The first kappa shape index (κ1) is 21.0. The lowest BCUT2D eigenvalue weighted by atomic mass is 10.1. The molecule has 0 spiro atoms. The third-order valence-corrected chi connectivity index (χ3v) is 4.28. The molecule has 9 nitrogen and oxygen atoms in total. The molecule has 0 unspecified atom stereocenters. The second-order valence-corrected chi connectivity index (χ2v) is 6.44. The van der Waals surface area contributed by atoms with Crippen molar-refractivity contribution in [2.45, 2.75) is 26.6 Å². The lowest BCUT2D eigenvalue weighted by molar-refractivity contribution is -0.384. The number of alkyl halides is 3. The SMILES string of the molecule is COc1ccc(NC(=O)Cn2nc(C)c3c(C(F)(F)F)cc(C)nc32)c([N+](=O)[O-])c1. The summed E-state index contributed by atoms with van der Waals surface area (Å²) in [5.41, 5.74) is -1.29. The Morgan fingerprint density at radius 3 is 2.60 bits per heavy atom. The van der Waals surface area contributed by atoms with Gasteiger partial charge in [-0.05, 0) is 32.0 Å². The predicted octanol–water partition coefficient (Wildman–Crippen LogP) is 3.62. The van der Waals surface area contributed by atoms with Crippen LogP contribution in [-0.4, -0.2) is 32.7 Å². The van der Waals surface area contributed by atoms with Crippen molar-refractivity contribution in [1.29, 1.82) is 0 Å². The Hall–Kier alpha value is -3.70. The molecule has 1 aromatic carbocycles. The van der Waals surface area contributed by atoms with Gasteiger partial charge in [-0.3, -0.25) is 14.9 Å². The number of amides is 1. The highest BCUT2D eigenvalue weighted by atomic mass is 19.4. The van der Waals surface area contributed by atoms with E-state index in [1.807, 2.05) is 0 Å². The highest BCUT2D eigenvalue weighted by Crippen LogP contribution is 2.36. The molecule has 0 aliphatic carbocycles. The molecule has 12 heteroatoms. The van der Waals surface area contributed by atoms with Gasteiger partial charge in [0.25, 0.3) is 5.69 Å². The number of methoxy groups -OCH3 is 1. The number of halogens is 3. The lowest BCUT2D eigenvalue weighted by Gasteiger charge is -2.10. The molecular weight excluding hydrogens is 407 g/mol. The molecule has 0 saturated carbocycles. The Morgan fingerprint density at radius 1 is 1.30 bits per heavy atom. The van der Waals surface area contributed by atoms with Crippen molar-refractivity contribution in [2.75, 3.05) is 12.4 Å². The van der Waals surface area contributed by atoms with E-state index < -0.39 is 34.8 Å². The van der Waals surface area contributed by atoms with Crippen LogP contribution in [0, 0.1) is 24.0 Å². The van der Waals surface area contributed by atoms with Crippen molar-refractivity contribution in [3.63, 3.8) is 0 Å². The predicted molar refractivity (Wildman–Crippen MR) is 100 cm³/mol. The average Bonchev–Trinajstić information content (AvgIpc) is 2.95. The van der Waals surface area contributed by atoms with E-state index in [1.165, 1.54) is 33.1 Å². The van der Waals surface area contributed by atoms with Crippen LogP contribution in [0.25, 0.3) is 11.0 Å². The number of aryl methyl sites for hydroxylation is 2. The van der Waals surface area contributed by atoms with Crippen LogP contribution in [0.5, 0.6) is 5.75 Å². The quantitative estimate of drug-likeness (QED) is 0.496. The molecular formula is C18H16F3N5O4.